The third kappa shape index (κ3) is 2.86. The molecule has 0 amide bonds. The van der Waals surface area contributed by atoms with Gasteiger partial charge in [0.2, 0.25) is 0 Å². The zero-order chi connectivity index (χ0) is 11.6. The standard InChI is InChI=1S/C10H13NO3S/c1-4-15(13,14)11-9-5-8(3)10(12)6-7(9)2/h5-6H,4H2,1-3H3/b11-9+. The summed E-state index contributed by atoms with van der Waals surface area (Å²) in [7, 11) is -3.40. The third-order valence-corrected chi connectivity index (χ3v) is 3.30. The monoisotopic (exact) mass is 227 g/mol. The number of hydrogen-bond acceptors (Lipinski definition) is 3. The Morgan fingerprint density at radius 1 is 1.20 bits per heavy atom. The van der Waals surface area contributed by atoms with E-state index in [-0.39, 0.29) is 11.5 Å². The first-order valence-corrected chi connectivity index (χ1v) is 6.20. The van der Waals surface area contributed by atoms with Gasteiger partial charge < -0.3 is 0 Å². The summed E-state index contributed by atoms with van der Waals surface area (Å²) in [4.78, 5) is 11.2. The van der Waals surface area contributed by atoms with E-state index in [1.165, 1.54) is 19.1 Å². The zero-order valence-electron chi connectivity index (χ0n) is 8.94. The normalized spacial score (nSPS) is 20.2. The summed E-state index contributed by atoms with van der Waals surface area (Å²) in [6, 6.07) is 0. The summed E-state index contributed by atoms with van der Waals surface area (Å²) in [5.74, 6) is -0.134. The molecule has 1 aliphatic carbocycles. The molecule has 0 aromatic rings. The van der Waals surface area contributed by atoms with Gasteiger partial charge in [-0.15, -0.1) is 0 Å². The Balaban J connectivity index is 3.19. The van der Waals surface area contributed by atoms with Gasteiger partial charge in [0, 0.05) is 0 Å². The van der Waals surface area contributed by atoms with Crippen molar-refractivity contribution in [3.05, 3.63) is 23.3 Å². The SMILES string of the molecule is CCS(=O)(=O)/N=C1\C=C(C)C(=O)C=C1C. The Morgan fingerprint density at radius 3 is 2.33 bits per heavy atom. The van der Waals surface area contributed by atoms with Crippen LogP contribution in [-0.4, -0.2) is 25.7 Å². The van der Waals surface area contributed by atoms with E-state index in [4.69, 9.17) is 0 Å². The molecule has 0 N–H and O–H groups in total. The van der Waals surface area contributed by atoms with Crippen LogP contribution in [0.25, 0.3) is 0 Å². The van der Waals surface area contributed by atoms with Gasteiger partial charge >= 0.3 is 0 Å². The molecule has 0 aromatic heterocycles. The van der Waals surface area contributed by atoms with Crippen LogP contribution >= 0.6 is 0 Å². The van der Waals surface area contributed by atoms with Crippen molar-refractivity contribution in [1.29, 1.82) is 0 Å². The van der Waals surface area contributed by atoms with E-state index in [2.05, 4.69) is 4.40 Å². The van der Waals surface area contributed by atoms with Gasteiger partial charge in [0.1, 0.15) is 0 Å². The lowest BCUT2D eigenvalue weighted by atomic mass is 9.99. The molecule has 0 atom stereocenters. The third-order valence-electron chi connectivity index (χ3n) is 2.10. The maximum atomic E-state index is 11.3. The molecule has 0 saturated carbocycles. The molecule has 0 saturated heterocycles. The number of sulfonamides is 1. The first-order valence-electron chi connectivity index (χ1n) is 4.59. The van der Waals surface area contributed by atoms with Crippen LogP contribution in [0.2, 0.25) is 0 Å². The first-order chi connectivity index (χ1) is 6.85. The molecule has 1 aliphatic rings. The molecule has 0 bridgehead atoms. The van der Waals surface area contributed by atoms with Gasteiger partial charge in [-0.05, 0) is 44.1 Å². The molecule has 0 radical (unpaired) electrons. The largest absolute Gasteiger partial charge is 0.290 e. The first kappa shape index (κ1) is 11.8. The lowest BCUT2D eigenvalue weighted by Gasteiger charge is -2.08. The summed E-state index contributed by atoms with van der Waals surface area (Å²) in [5.41, 5.74) is 1.45. The van der Waals surface area contributed by atoms with Crippen LogP contribution in [-0.2, 0) is 14.8 Å². The molecular weight excluding hydrogens is 214 g/mol. The van der Waals surface area contributed by atoms with Crippen LogP contribution < -0.4 is 0 Å². The Kier molecular flexibility index (Phi) is 3.24. The van der Waals surface area contributed by atoms with E-state index < -0.39 is 10.0 Å². The smallest absolute Gasteiger partial charge is 0.253 e. The maximum Gasteiger partial charge on any atom is 0.253 e. The number of nitrogens with zero attached hydrogens (tertiary/aromatic N) is 1. The minimum Gasteiger partial charge on any atom is -0.290 e. The quantitative estimate of drug-likeness (QED) is 0.667. The molecule has 0 aliphatic heterocycles. The lowest BCUT2D eigenvalue weighted by molar-refractivity contribution is -0.111. The van der Waals surface area contributed by atoms with Crippen molar-refractivity contribution < 1.29 is 13.2 Å². The molecule has 15 heavy (non-hydrogen) atoms. The van der Waals surface area contributed by atoms with Crippen molar-refractivity contribution in [1.82, 2.24) is 0 Å². The minimum absolute atomic E-state index is 0.0371. The van der Waals surface area contributed by atoms with Crippen LogP contribution in [0.4, 0.5) is 0 Å². The van der Waals surface area contributed by atoms with Crippen LogP contribution in [0.5, 0.6) is 0 Å². The molecule has 4 nitrogen and oxygen atoms in total. The van der Waals surface area contributed by atoms with E-state index in [9.17, 15) is 13.2 Å². The predicted molar refractivity (Wildman–Crippen MR) is 59.4 cm³/mol. The summed E-state index contributed by atoms with van der Waals surface area (Å²) < 4.78 is 26.2. The number of ketones is 1. The van der Waals surface area contributed by atoms with Gasteiger partial charge in [-0.3, -0.25) is 4.79 Å². The number of carbonyl (C=O) groups excluding carboxylic acids is 1. The molecule has 0 heterocycles. The highest BCUT2D eigenvalue weighted by atomic mass is 32.2. The maximum absolute atomic E-state index is 11.3. The summed E-state index contributed by atoms with van der Waals surface area (Å²) in [6.45, 7) is 4.84. The number of allylic oxidation sites excluding steroid dienone is 4. The van der Waals surface area contributed by atoms with Crippen molar-refractivity contribution in [3.8, 4) is 0 Å². The fourth-order valence-electron chi connectivity index (χ4n) is 1.09. The average molecular weight is 227 g/mol. The number of hydrogen-bond donors (Lipinski definition) is 0. The second-order valence-corrected chi connectivity index (χ2v) is 5.29. The molecule has 0 fully saturated rings. The van der Waals surface area contributed by atoms with Crippen molar-refractivity contribution in [2.75, 3.05) is 5.75 Å². The average Bonchev–Trinajstić information content (AvgIpc) is 2.14. The molecule has 0 spiro atoms. The highest BCUT2D eigenvalue weighted by molar-refractivity contribution is 7.90. The highest BCUT2D eigenvalue weighted by Crippen LogP contribution is 2.13. The van der Waals surface area contributed by atoms with Gasteiger partial charge in [0.05, 0.1) is 11.5 Å². The van der Waals surface area contributed by atoms with Crippen molar-refractivity contribution in [2.24, 2.45) is 4.40 Å². The van der Waals surface area contributed by atoms with Gasteiger partial charge in [-0.2, -0.15) is 4.40 Å². The molecule has 5 heteroatoms. The summed E-state index contributed by atoms with van der Waals surface area (Å²) in [5, 5.41) is 0. The Hall–Kier alpha value is -1.23. The molecule has 82 valence electrons. The highest BCUT2D eigenvalue weighted by Gasteiger charge is 2.15. The second kappa shape index (κ2) is 4.10. The molecule has 0 aromatic carbocycles. The van der Waals surface area contributed by atoms with Crippen LogP contribution in [0, 0.1) is 0 Å². The molecular formula is C10H13NO3S. The van der Waals surface area contributed by atoms with E-state index in [0.29, 0.717) is 16.9 Å². The zero-order valence-corrected chi connectivity index (χ0v) is 9.76. The second-order valence-electron chi connectivity index (χ2n) is 3.37. The van der Waals surface area contributed by atoms with E-state index in [0.717, 1.165) is 0 Å². The van der Waals surface area contributed by atoms with E-state index >= 15 is 0 Å². The van der Waals surface area contributed by atoms with Crippen LogP contribution in [0.3, 0.4) is 0 Å². The van der Waals surface area contributed by atoms with Crippen LogP contribution in [0.1, 0.15) is 20.8 Å². The van der Waals surface area contributed by atoms with Crippen molar-refractivity contribution in [2.45, 2.75) is 20.8 Å². The number of rotatable bonds is 2. The van der Waals surface area contributed by atoms with Gasteiger partial charge in [-0.1, -0.05) is 0 Å². The van der Waals surface area contributed by atoms with Gasteiger partial charge in [0.25, 0.3) is 10.0 Å². The van der Waals surface area contributed by atoms with Gasteiger partial charge in [-0.25, -0.2) is 8.42 Å². The lowest BCUT2D eigenvalue weighted by Crippen LogP contribution is -2.12. The van der Waals surface area contributed by atoms with Crippen LogP contribution in [0.15, 0.2) is 27.7 Å². The molecule has 1 rings (SSSR count). The number of carbonyl (C=O) groups is 1. The topological polar surface area (TPSA) is 63.6 Å². The van der Waals surface area contributed by atoms with E-state index in [1.807, 2.05) is 0 Å². The van der Waals surface area contributed by atoms with E-state index in [1.54, 1.807) is 13.8 Å². The fraction of sp³-hybridized carbons (Fsp3) is 0.400. The Bertz CT molecular complexity index is 481. The molecule has 0 unspecified atom stereocenters. The predicted octanol–water partition coefficient (Wildman–Crippen LogP) is 1.25. The fourth-order valence-corrected chi connectivity index (χ4v) is 1.71. The Labute approximate surface area is 89.5 Å². The summed E-state index contributed by atoms with van der Waals surface area (Å²) in [6.07, 6.45) is 2.91. The van der Waals surface area contributed by atoms with Crippen molar-refractivity contribution in [3.63, 3.8) is 0 Å². The Morgan fingerprint density at radius 2 is 1.80 bits per heavy atom. The van der Waals surface area contributed by atoms with Crippen molar-refractivity contribution >= 4 is 21.5 Å². The van der Waals surface area contributed by atoms with Gasteiger partial charge in [0.15, 0.2) is 5.78 Å². The minimum atomic E-state index is -3.40. The summed E-state index contributed by atoms with van der Waals surface area (Å²) >= 11 is 0.